The van der Waals surface area contributed by atoms with Gasteiger partial charge in [0.25, 0.3) is 15.9 Å². The fraction of sp³-hybridized carbons (Fsp3) is 0.182. The lowest BCUT2D eigenvalue weighted by Crippen LogP contribution is -2.26. The van der Waals surface area contributed by atoms with E-state index in [1.165, 1.54) is 43.0 Å². The molecule has 0 radical (unpaired) electrons. The van der Waals surface area contributed by atoms with E-state index in [1.807, 2.05) is 19.1 Å². The van der Waals surface area contributed by atoms with E-state index in [1.54, 1.807) is 35.7 Å². The SMILES string of the molecule is COc1cccc(-c2noc(-c3sccc3S(=O)(=O)N(C)c3ccc(C)cc3)n2)c1OC. The number of benzene rings is 2. The molecular weight excluding hydrogens is 450 g/mol. The summed E-state index contributed by atoms with van der Waals surface area (Å²) in [5.74, 6) is 1.35. The second-order valence-corrected chi connectivity index (χ2v) is 9.74. The average Bonchev–Trinajstić information content (AvgIpc) is 3.48. The van der Waals surface area contributed by atoms with Gasteiger partial charge in [-0.25, -0.2) is 8.42 Å². The molecule has 0 spiro atoms. The van der Waals surface area contributed by atoms with Crippen LogP contribution in [0.25, 0.3) is 22.2 Å². The van der Waals surface area contributed by atoms with Crippen LogP contribution in [0.1, 0.15) is 5.56 Å². The van der Waals surface area contributed by atoms with Crippen molar-refractivity contribution in [3.63, 3.8) is 0 Å². The van der Waals surface area contributed by atoms with Crippen LogP contribution in [0.4, 0.5) is 5.69 Å². The lowest BCUT2D eigenvalue weighted by molar-refractivity contribution is 0.355. The number of aromatic nitrogens is 2. The zero-order chi connectivity index (χ0) is 22.9. The van der Waals surface area contributed by atoms with Crippen molar-refractivity contribution in [1.82, 2.24) is 10.1 Å². The van der Waals surface area contributed by atoms with Crippen LogP contribution in [0, 0.1) is 6.92 Å². The number of thiophene rings is 1. The topological polar surface area (TPSA) is 94.8 Å². The van der Waals surface area contributed by atoms with Gasteiger partial charge < -0.3 is 14.0 Å². The van der Waals surface area contributed by atoms with Gasteiger partial charge in [-0.1, -0.05) is 28.9 Å². The van der Waals surface area contributed by atoms with Gasteiger partial charge >= 0.3 is 0 Å². The first kappa shape index (κ1) is 21.8. The van der Waals surface area contributed by atoms with Gasteiger partial charge in [-0.3, -0.25) is 4.31 Å². The summed E-state index contributed by atoms with van der Waals surface area (Å²) >= 11 is 1.21. The van der Waals surface area contributed by atoms with Crippen molar-refractivity contribution in [1.29, 1.82) is 0 Å². The van der Waals surface area contributed by atoms with E-state index in [-0.39, 0.29) is 16.6 Å². The lowest BCUT2D eigenvalue weighted by Gasteiger charge is -2.19. The molecule has 0 bridgehead atoms. The molecule has 0 aliphatic carbocycles. The predicted octanol–water partition coefficient (Wildman–Crippen LogP) is 4.62. The maximum atomic E-state index is 13.3. The molecule has 0 atom stereocenters. The molecule has 0 unspecified atom stereocenters. The van der Waals surface area contributed by atoms with Gasteiger partial charge in [0.15, 0.2) is 11.5 Å². The lowest BCUT2D eigenvalue weighted by atomic mass is 10.1. The molecule has 2 aromatic carbocycles. The number of nitrogens with zero attached hydrogens (tertiary/aromatic N) is 3. The van der Waals surface area contributed by atoms with Crippen molar-refractivity contribution in [3.8, 4) is 33.7 Å². The molecule has 0 N–H and O–H groups in total. The molecule has 2 aromatic heterocycles. The Morgan fingerprint density at radius 3 is 2.47 bits per heavy atom. The number of hydrogen-bond acceptors (Lipinski definition) is 8. The molecule has 2 heterocycles. The third-order valence-electron chi connectivity index (χ3n) is 4.93. The third-order valence-corrected chi connectivity index (χ3v) is 7.79. The minimum atomic E-state index is -3.85. The Morgan fingerprint density at radius 1 is 1.03 bits per heavy atom. The van der Waals surface area contributed by atoms with Gasteiger partial charge in [-0.05, 0) is 42.6 Å². The number of hydrogen-bond donors (Lipinski definition) is 0. The van der Waals surface area contributed by atoms with Crippen molar-refractivity contribution in [2.75, 3.05) is 25.6 Å². The minimum Gasteiger partial charge on any atom is -0.493 e. The van der Waals surface area contributed by atoms with Gasteiger partial charge in [0, 0.05) is 7.05 Å². The summed E-state index contributed by atoms with van der Waals surface area (Å²) in [5, 5.41) is 5.72. The molecule has 8 nitrogen and oxygen atoms in total. The molecule has 166 valence electrons. The standard InChI is InChI=1S/C22H21N3O5S2/c1-14-8-10-15(11-9-14)25(2)32(26,27)18-12-13-31-20(18)22-23-21(24-30-22)16-6-5-7-17(28-3)19(16)29-4/h5-13H,1-4H3. The van der Waals surface area contributed by atoms with Crippen molar-refractivity contribution in [3.05, 3.63) is 59.5 Å². The van der Waals surface area contributed by atoms with E-state index < -0.39 is 10.0 Å². The summed E-state index contributed by atoms with van der Waals surface area (Å²) in [7, 11) is 0.727. The molecule has 0 aliphatic heterocycles. The van der Waals surface area contributed by atoms with Crippen molar-refractivity contribution >= 4 is 27.0 Å². The highest BCUT2D eigenvalue weighted by Crippen LogP contribution is 2.39. The normalized spacial score (nSPS) is 11.4. The summed E-state index contributed by atoms with van der Waals surface area (Å²) in [6.07, 6.45) is 0. The highest BCUT2D eigenvalue weighted by Gasteiger charge is 2.29. The number of rotatable bonds is 7. The maximum absolute atomic E-state index is 13.3. The number of anilines is 1. The second-order valence-electron chi connectivity index (χ2n) is 6.89. The third kappa shape index (κ3) is 3.82. The zero-order valence-corrected chi connectivity index (χ0v) is 19.5. The number of methoxy groups -OCH3 is 2. The van der Waals surface area contributed by atoms with Gasteiger partial charge in [-0.15, -0.1) is 11.3 Å². The highest BCUT2D eigenvalue weighted by atomic mass is 32.2. The van der Waals surface area contributed by atoms with Crippen LogP contribution in [0.5, 0.6) is 11.5 Å². The summed E-state index contributed by atoms with van der Waals surface area (Å²) < 4.78 is 44.1. The van der Waals surface area contributed by atoms with Crippen molar-refractivity contribution in [2.45, 2.75) is 11.8 Å². The number of ether oxygens (including phenoxy) is 2. The van der Waals surface area contributed by atoms with Gasteiger partial charge in [0.1, 0.15) is 9.77 Å². The van der Waals surface area contributed by atoms with Crippen LogP contribution < -0.4 is 13.8 Å². The van der Waals surface area contributed by atoms with Crippen molar-refractivity contribution in [2.24, 2.45) is 0 Å². The number of aryl methyl sites for hydroxylation is 1. The Labute approximate surface area is 190 Å². The maximum Gasteiger partial charge on any atom is 0.269 e. The monoisotopic (exact) mass is 471 g/mol. The van der Waals surface area contributed by atoms with E-state index in [0.29, 0.717) is 27.6 Å². The number of sulfonamides is 1. The van der Waals surface area contributed by atoms with E-state index >= 15 is 0 Å². The molecule has 0 amide bonds. The predicted molar refractivity (Wildman–Crippen MR) is 123 cm³/mol. The second kappa shape index (κ2) is 8.64. The molecule has 0 saturated carbocycles. The first-order chi connectivity index (χ1) is 15.4. The summed E-state index contributed by atoms with van der Waals surface area (Å²) in [5.41, 5.74) is 2.17. The van der Waals surface area contributed by atoms with Crippen LogP contribution in [-0.4, -0.2) is 39.8 Å². The van der Waals surface area contributed by atoms with Crippen LogP contribution in [0.15, 0.2) is 63.3 Å². The Bertz CT molecular complexity index is 1340. The van der Waals surface area contributed by atoms with E-state index in [2.05, 4.69) is 10.1 Å². The quantitative estimate of drug-likeness (QED) is 0.388. The Balaban J connectivity index is 1.73. The molecule has 10 heteroatoms. The van der Waals surface area contributed by atoms with Crippen molar-refractivity contribution < 1.29 is 22.4 Å². The summed E-state index contributed by atoms with van der Waals surface area (Å²) in [4.78, 5) is 4.90. The summed E-state index contributed by atoms with van der Waals surface area (Å²) in [6.45, 7) is 1.94. The van der Waals surface area contributed by atoms with Crippen LogP contribution in [-0.2, 0) is 10.0 Å². The largest absolute Gasteiger partial charge is 0.493 e. The Morgan fingerprint density at radius 2 is 1.78 bits per heavy atom. The zero-order valence-electron chi connectivity index (χ0n) is 17.9. The molecule has 4 rings (SSSR count). The molecule has 4 aromatic rings. The fourth-order valence-corrected chi connectivity index (χ4v) is 5.70. The first-order valence-electron chi connectivity index (χ1n) is 9.55. The van der Waals surface area contributed by atoms with Crippen LogP contribution in [0.2, 0.25) is 0 Å². The molecule has 32 heavy (non-hydrogen) atoms. The van der Waals surface area contributed by atoms with Gasteiger partial charge in [-0.2, -0.15) is 4.98 Å². The minimum absolute atomic E-state index is 0.0957. The Kier molecular flexibility index (Phi) is 5.90. The molecule has 0 aliphatic rings. The fourth-order valence-electron chi connectivity index (χ4n) is 3.19. The van der Waals surface area contributed by atoms with Crippen LogP contribution >= 0.6 is 11.3 Å². The van der Waals surface area contributed by atoms with E-state index in [0.717, 1.165) is 5.56 Å². The van der Waals surface area contributed by atoms with Crippen LogP contribution in [0.3, 0.4) is 0 Å². The van der Waals surface area contributed by atoms with Gasteiger partial charge in [0.05, 0.1) is 25.5 Å². The van der Waals surface area contributed by atoms with E-state index in [4.69, 9.17) is 14.0 Å². The molecule has 0 fully saturated rings. The highest BCUT2D eigenvalue weighted by molar-refractivity contribution is 7.93. The molecule has 0 saturated heterocycles. The average molecular weight is 472 g/mol. The summed E-state index contributed by atoms with van der Waals surface area (Å²) in [6, 6.07) is 14.1. The van der Waals surface area contributed by atoms with Gasteiger partial charge in [0.2, 0.25) is 5.82 Å². The molecular formula is C22H21N3O5S2. The Hall–Kier alpha value is -3.37. The van der Waals surface area contributed by atoms with E-state index in [9.17, 15) is 8.42 Å². The smallest absolute Gasteiger partial charge is 0.269 e. The first-order valence-corrected chi connectivity index (χ1v) is 11.9. The number of para-hydroxylation sites is 1.